The smallest absolute Gasteiger partial charge is 0.124 e. The molecule has 0 amide bonds. The second kappa shape index (κ2) is 5.63. The quantitative estimate of drug-likeness (QED) is 0.941. The maximum Gasteiger partial charge on any atom is 0.124 e. The lowest BCUT2D eigenvalue weighted by Gasteiger charge is -2.11. The van der Waals surface area contributed by atoms with Gasteiger partial charge in [0.15, 0.2) is 0 Å². The van der Waals surface area contributed by atoms with Crippen molar-refractivity contribution in [3.63, 3.8) is 0 Å². The Morgan fingerprint density at radius 2 is 2.22 bits per heavy atom. The van der Waals surface area contributed by atoms with Gasteiger partial charge < -0.3 is 9.88 Å². The number of hydrogen-bond donors (Lipinski definition) is 1. The van der Waals surface area contributed by atoms with Crippen molar-refractivity contribution in [3.05, 3.63) is 51.8 Å². The number of halogens is 2. The zero-order valence-corrected chi connectivity index (χ0v) is 12.0. The molecule has 0 aliphatic carbocycles. The molecule has 0 radical (unpaired) electrons. The van der Waals surface area contributed by atoms with Crippen LogP contribution in [0, 0.1) is 12.7 Å². The van der Waals surface area contributed by atoms with E-state index in [0.717, 1.165) is 28.1 Å². The second-order valence-electron chi connectivity index (χ2n) is 4.15. The molecule has 1 aromatic heterocycles. The van der Waals surface area contributed by atoms with Crippen molar-refractivity contribution < 1.29 is 4.39 Å². The third-order valence-electron chi connectivity index (χ3n) is 2.84. The van der Waals surface area contributed by atoms with E-state index in [1.54, 1.807) is 6.07 Å². The molecule has 1 aromatic carbocycles. The van der Waals surface area contributed by atoms with Crippen LogP contribution >= 0.6 is 15.9 Å². The summed E-state index contributed by atoms with van der Waals surface area (Å²) in [7, 11) is 1.90. The number of benzene rings is 1. The van der Waals surface area contributed by atoms with Gasteiger partial charge in [-0.15, -0.1) is 0 Å². The maximum absolute atomic E-state index is 13.0. The van der Waals surface area contributed by atoms with Crippen LogP contribution in [0.25, 0.3) is 0 Å². The Morgan fingerprint density at radius 1 is 1.44 bits per heavy atom. The molecule has 0 saturated heterocycles. The Morgan fingerprint density at radius 3 is 2.89 bits per heavy atom. The standard InChI is InChI=1S/C13H15BrFN3/c1-9-17-7-12(6-16-2)18(9)8-10-3-4-11(15)5-13(10)14/h3-5,7,16H,6,8H2,1-2H3. The molecular formula is C13H15BrFN3. The molecule has 0 fully saturated rings. The van der Waals surface area contributed by atoms with E-state index in [1.165, 1.54) is 12.1 Å². The van der Waals surface area contributed by atoms with E-state index in [4.69, 9.17) is 0 Å². The Balaban J connectivity index is 2.30. The molecule has 0 aliphatic rings. The van der Waals surface area contributed by atoms with Crippen LogP contribution in [0.2, 0.25) is 0 Å². The van der Waals surface area contributed by atoms with Gasteiger partial charge in [-0.3, -0.25) is 0 Å². The third kappa shape index (κ3) is 2.79. The van der Waals surface area contributed by atoms with Crippen molar-refractivity contribution in [2.45, 2.75) is 20.0 Å². The molecule has 0 aliphatic heterocycles. The largest absolute Gasteiger partial charge is 0.327 e. The van der Waals surface area contributed by atoms with Gasteiger partial charge in [0.2, 0.25) is 0 Å². The van der Waals surface area contributed by atoms with Gasteiger partial charge in [0, 0.05) is 17.2 Å². The lowest BCUT2D eigenvalue weighted by molar-refractivity contribution is 0.623. The molecule has 0 bridgehead atoms. The predicted octanol–water partition coefficient (Wildman–Crippen LogP) is 2.86. The Kier molecular flexibility index (Phi) is 4.14. The first-order chi connectivity index (χ1) is 8.61. The lowest BCUT2D eigenvalue weighted by atomic mass is 10.2. The first kappa shape index (κ1) is 13.2. The third-order valence-corrected chi connectivity index (χ3v) is 3.58. The molecule has 5 heteroatoms. The summed E-state index contributed by atoms with van der Waals surface area (Å²) in [5.74, 6) is 0.722. The predicted molar refractivity (Wildman–Crippen MR) is 72.9 cm³/mol. The summed E-state index contributed by atoms with van der Waals surface area (Å²) in [6.07, 6.45) is 1.86. The maximum atomic E-state index is 13.0. The number of aromatic nitrogens is 2. The highest BCUT2D eigenvalue weighted by Crippen LogP contribution is 2.20. The molecule has 0 unspecified atom stereocenters. The Bertz CT molecular complexity index is 551. The number of aryl methyl sites for hydroxylation is 1. The fourth-order valence-electron chi connectivity index (χ4n) is 1.87. The fourth-order valence-corrected chi connectivity index (χ4v) is 2.35. The molecule has 0 spiro atoms. The van der Waals surface area contributed by atoms with E-state index in [1.807, 2.05) is 20.2 Å². The lowest BCUT2D eigenvalue weighted by Crippen LogP contribution is -2.13. The van der Waals surface area contributed by atoms with Crippen LogP contribution in [-0.2, 0) is 13.1 Å². The zero-order chi connectivity index (χ0) is 13.1. The molecular weight excluding hydrogens is 297 g/mol. The normalized spacial score (nSPS) is 10.9. The SMILES string of the molecule is CNCc1cnc(C)n1Cc1ccc(F)cc1Br. The average molecular weight is 312 g/mol. The average Bonchev–Trinajstić information content (AvgIpc) is 2.65. The Hall–Kier alpha value is -1.20. The molecule has 18 heavy (non-hydrogen) atoms. The van der Waals surface area contributed by atoms with Crippen LogP contribution < -0.4 is 5.32 Å². The molecule has 1 N–H and O–H groups in total. The van der Waals surface area contributed by atoms with Gasteiger partial charge in [-0.25, -0.2) is 9.37 Å². The van der Waals surface area contributed by atoms with Crippen molar-refractivity contribution in [3.8, 4) is 0 Å². The van der Waals surface area contributed by atoms with Gasteiger partial charge in [-0.2, -0.15) is 0 Å². The summed E-state index contributed by atoms with van der Waals surface area (Å²) in [4.78, 5) is 4.31. The minimum Gasteiger partial charge on any atom is -0.327 e. The van der Waals surface area contributed by atoms with E-state index in [-0.39, 0.29) is 5.82 Å². The van der Waals surface area contributed by atoms with Crippen LogP contribution in [-0.4, -0.2) is 16.6 Å². The second-order valence-corrected chi connectivity index (χ2v) is 5.00. The number of imidazole rings is 1. The summed E-state index contributed by atoms with van der Waals surface area (Å²) in [6.45, 7) is 3.42. The highest BCUT2D eigenvalue weighted by molar-refractivity contribution is 9.10. The van der Waals surface area contributed by atoms with E-state index in [9.17, 15) is 4.39 Å². The number of hydrogen-bond acceptors (Lipinski definition) is 2. The van der Waals surface area contributed by atoms with Crippen LogP contribution in [0.15, 0.2) is 28.9 Å². The van der Waals surface area contributed by atoms with E-state index >= 15 is 0 Å². The summed E-state index contributed by atoms with van der Waals surface area (Å²) >= 11 is 3.39. The van der Waals surface area contributed by atoms with Crippen molar-refractivity contribution in [2.75, 3.05) is 7.05 Å². The van der Waals surface area contributed by atoms with Crippen LogP contribution in [0.3, 0.4) is 0 Å². The number of nitrogens with one attached hydrogen (secondary N) is 1. The molecule has 2 rings (SSSR count). The summed E-state index contributed by atoms with van der Waals surface area (Å²) in [5, 5.41) is 3.11. The van der Waals surface area contributed by atoms with Gasteiger partial charge in [0.25, 0.3) is 0 Å². The molecule has 0 atom stereocenters. The molecule has 1 heterocycles. The van der Waals surface area contributed by atoms with Crippen molar-refractivity contribution in [2.24, 2.45) is 0 Å². The highest BCUT2D eigenvalue weighted by Gasteiger charge is 2.09. The van der Waals surface area contributed by atoms with Crippen LogP contribution in [0.4, 0.5) is 4.39 Å². The van der Waals surface area contributed by atoms with Gasteiger partial charge in [-0.1, -0.05) is 22.0 Å². The minimum absolute atomic E-state index is 0.233. The minimum atomic E-state index is -0.233. The summed E-state index contributed by atoms with van der Waals surface area (Å²) in [5.41, 5.74) is 2.15. The van der Waals surface area contributed by atoms with Crippen molar-refractivity contribution in [1.29, 1.82) is 0 Å². The molecule has 3 nitrogen and oxygen atoms in total. The summed E-state index contributed by atoms with van der Waals surface area (Å²) in [6, 6.07) is 4.76. The summed E-state index contributed by atoms with van der Waals surface area (Å²) < 4.78 is 15.9. The first-order valence-corrected chi connectivity index (χ1v) is 6.50. The molecule has 0 saturated carbocycles. The van der Waals surface area contributed by atoms with Gasteiger partial charge in [-0.05, 0) is 31.7 Å². The van der Waals surface area contributed by atoms with E-state index in [2.05, 4.69) is 30.8 Å². The fraction of sp³-hybridized carbons (Fsp3) is 0.308. The number of rotatable bonds is 4. The Labute approximate surface area is 114 Å². The van der Waals surface area contributed by atoms with Crippen molar-refractivity contribution >= 4 is 15.9 Å². The van der Waals surface area contributed by atoms with Crippen LogP contribution in [0.5, 0.6) is 0 Å². The monoisotopic (exact) mass is 311 g/mol. The highest BCUT2D eigenvalue weighted by atomic mass is 79.9. The van der Waals surface area contributed by atoms with Gasteiger partial charge >= 0.3 is 0 Å². The van der Waals surface area contributed by atoms with E-state index < -0.39 is 0 Å². The van der Waals surface area contributed by atoms with Gasteiger partial charge in [0.1, 0.15) is 11.6 Å². The number of nitrogens with zero attached hydrogens (tertiary/aromatic N) is 2. The molecule has 96 valence electrons. The first-order valence-electron chi connectivity index (χ1n) is 5.71. The van der Waals surface area contributed by atoms with Crippen molar-refractivity contribution in [1.82, 2.24) is 14.9 Å². The topological polar surface area (TPSA) is 29.9 Å². The van der Waals surface area contributed by atoms with E-state index in [0.29, 0.717) is 6.54 Å². The molecule has 2 aromatic rings. The van der Waals surface area contributed by atoms with Crippen LogP contribution in [0.1, 0.15) is 17.1 Å². The zero-order valence-electron chi connectivity index (χ0n) is 10.4. The van der Waals surface area contributed by atoms with Gasteiger partial charge in [0.05, 0.1) is 12.2 Å².